The lowest BCUT2D eigenvalue weighted by Crippen LogP contribution is -2.48. The van der Waals surface area contributed by atoms with Crippen LogP contribution in [0.5, 0.6) is 0 Å². The molecule has 0 fully saturated rings. The largest absolute Gasteiger partial charge is 0.464 e. The van der Waals surface area contributed by atoms with Gasteiger partial charge in [-0.25, -0.2) is 13.2 Å². The molecule has 7 nitrogen and oxygen atoms in total. The van der Waals surface area contributed by atoms with Gasteiger partial charge in [0.1, 0.15) is 15.9 Å². The fourth-order valence-corrected chi connectivity index (χ4v) is 1.80. The molecule has 0 saturated heterocycles. The molecule has 3 N–H and O–H groups in total. The van der Waals surface area contributed by atoms with Crippen molar-refractivity contribution in [2.45, 2.75) is 32.4 Å². The number of carbonyl (C=O) groups is 2. The van der Waals surface area contributed by atoms with Crippen LogP contribution in [0.15, 0.2) is 0 Å². The molecule has 0 aliphatic carbocycles. The first-order valence-corrected chi connectivity index (χ1v) is 7.63. The standard InChI is InChI=1S/C10H20N2O5S/c1-4-17-10(14)7(2)12-9(13)8(11)5-6-18(3,15)16/h7-8H,4-6,11H2,1-3H3,(H,12,13). The topological polar surface area (TPSA) is 116 Å². The maximum Gasteiger partial charge on any atom is 0.328 e. The van der Waals surface area contributed by atoms with Gasteiger partial charge >= 0.3 is 5.97 Å². The summed E-state index contributed by atoms with van der Waals surface area (Å²) >= 11 is 0. The first-order valence-electron chi connectivity index (χ1n) is 5.57. The molecule has 18 heavy (non-hydrogen) atoms. The normalized spacial score (nSPS) is 14.7. The van der Waals surface area contributed by atoms with Crippen LogP contribution in [0.1, 0.15) is 20.3 Å². The van der Waals surface area contributed by atoms with Gasteiger partial charge in [0.2, 0.25) is 5.91 Å². The van der Waals surface area contributed by atoms with Crippen LogP contribution in [0, 0.1) is 0 Å². The predicted molar refractivity (Wildman–Crippen MR) is 66.5 cm³/mol. The summed E-state index contributed by atoms with van der Waals surface area (Å²) in [6, 6.07) is -1.77. The zero-order valence-corrected chi connectivity index (χ0v) is 11.6. The molecule has 0 aliphatic heterocycles. The van der Waals surface area contributed by atoms with Crippen LogP contribution < -0.4 is 11.1 Å². The first-order chi connectivity index (χ1) is 8.17. The second kappa shape index (κ2) is 7.32. The third-order valence-corrected chi connectivity index (χ3v) is 3.11. The second-order valence-electron chi connectivity index (χ2n) is 4.01. The highest BCUT2D eigenvalue weighted by atomic mass is 32.2. The van der Waals surface area contributed by atoms with Crippen LogP contribution in [-0.2, 0) is 24.2 Å². The highest BCUT2D eigenvalue weighted by Crippen LogP contribution is 1.96. The van der Waals surface area contributed by atoms with Gasteiger partial charge in [0.05, 0.1) is 18.4 Å². The number of hydrogen-bond acceptors (Lipinski definition) is 6. The molecule has 0 spiro atoms. The lowest BCUT2D eigenvalue weighted by molar-refractivity contribution is -0.147. The van der Waals surface area contributed by atoms with Crippen molar-refractivity contribution < 1.29 is 22.7 Å². The highest BCUT2D eigenvalue weighted by Gasteiger charge is 2.21. The minimum absolute atomic E-state index is 0.0141. The highest BCUT2D eigenvalue weighted by molar-refractivity contribution is 7.90. The number of nitrogens with two attached hydrogens (primary N) is 1. The molecule has 0 aliphatic rings. The molecule has 0 rings (SSSR count). The average molecular weight is 280 g/mol. The zero-order valence-electron chi connectivity index (χ0n) is 10.8. The lowest BCUT2D eigenvalue weighted by atomic mass is 10.2. The van der Waals surface area contributed by atoms with Crippen LogP contribution in [0.4, 0.5) is 0 Å². The van der Waals surface area contributed by atoms with Crippen molar-refractivity contribution in [3.8, 4) is 0 Å². The summed E-state index contributed by atoms with van der Waals surface area (Å²) in [5.74, 6) is -1.30. The smallest absolute Gasteiger partial charge is 0.328 e. The van der Waals surface area contributed by atoms with Crippen molar-refractivity contribution in [2.75, 3.05) is 18.6 Å². The van der Waals surface area contributed by atoms with Gasteiger partial charge in [-0.15, -0.1) is 0 Å². The van der Waals surface area contributed by atoms with Gasteiger partial charge in [-0.1, -0.05) is 0 Å². The Morgan fingerprint density at radius 1 is 1.39 bits per heavy atom. The minimum Gasteiger partial charge on any atom is -0.464 e. The molecule has 0 aromatic rings. The fourth-order valence-electron chi connectivity index (χ4n) is 1.12. The van der Waals surface area contributed by atoms with E-state index in [-0.39, 0.29) is 18.8 Å². The zero-order chi connectivity index (χ0) is 14.3. The van der Waals surface area contributed by atoms with Crippen molar-refractivity contribution in [3.63, 3.8) is 0 Å². The van der Waals surface area contributed by atoms with Gasteiger partial charge in [0.15, 0.2) is 0 Å². The van der Waals surface area contributed by atoms with E-state index in [4.69, 9.17) is 10.5 Å². The van der Waals surface area contributed by atoms with Gasteiger partial charge in [-0.05, 0) is 20.3 Å². The van der Waals surface area contributed by atoms with Crippen LogP contribution in [-0.4, -0.2) is 51.0 Å². The van der Waals surface area contributed by atoms with Gasteiger partial charge in [-0.2, -0.15) is 0 Å². The number of sulfone groups is 1. The predicted octanol–water partition coefficient (Wildman–Crippen LogP) is -1.18. The molecular weight excluding hydrogens is 260 g/mol. The monoisotopic (exact) mass is 280 g/mol. The van der Waals surface area contributed by atoms with E-state index in [9.17, 15) is 18.0 Å². The molecule has 106 valence electrons. The van der Waals surface area contributed by atoms with E-state index in [1.54, 1.807) is 6.92 Å². The van der Waals surface area contributed by atoms with Crippen LogP contribution in [0.3, 0.4) is 0 Å². The number of nitrogens with one attached hydrogen (secondary N) is 1. The van der Waals surface area contributed by atoms with Crippen molar-refractivity contribution >= 4 is 21.7 Å². The molecule has 0 heterocycles. The van der Waals surface area contributed by atoms with E-state index in [1.807, 2.05) is 0 Å². The molecule has 2 unspecified atom stereocenters. The molecule has 8 heteroatoms. The Labute approximate surface area is 107 Å². The van der Waals surface area contributed by atoms with Crippen LogP contribution in [0.2, 0.25) is 0 Å². The summed E-state index contributed by atoms with van der Waals surface area (Å²) in [7, 11) is -3.16. The summed E-state index contributed by atoms with van der Waals surface area (Å²) in [6.07, 6.45) is 1.08. The van der Waals surface area contributed by atoms with Crippen LogP contribution >= 0.6 is 0 Å². The van der Waals surface area contributed by atoms with Crippen LogP contribution in [0.25, 0.3) is 0 Å². The SMILES string of the molecule is CCOC(=O)C(C)NC(=O)C(N)CCS(C)(=O)=O. The van der Waals surface area contributed by atoms with Gasteiger partial charge in [-0.3, -0.25) is 4.79 Å². The Morgan fingerprint density at radius 3 is 2.39 bits per heavy atom. The number of esters is 1. The van der Waals surface area contributed by atoms with Crippen molar-refractivity contribution in [2.24, 2.45) is 5.73 Å². The number of amides is 1. The summed E-state index contributed by atoms with van der Waals surface area (Å²) in [5.41, 5.74) is 5.52. The van der Waals surface area contributed by atoms with E-state index in [1.165, 1.54) is 6.92 Å². The Bertz CT molecular complexity index is 393. The van der Waals surface area contributed by atoms with Gasteiger partial charge in [0.25, 0.3) is 0 Å². The number of carbonyl (C=O) groups excluding carboxylic acids is 2. The summed E-state index contributed by atoms with van der Waals surface area (Å²) in [6.45, 7) is 3.35. The lowest BCUT2D eigenvalue weighted by Gasteiger charge is -2.16. The number of rotatable bonds is 7. The Morgan fingerprint density at radius 2 is 1.94 bits per heavy atom. The average Bonchev–Trinajstić information content (AvgIpc) is 2.24. The molecule has 1 amide bonds. The Hall–Kier alpha value is -1.15. The number of ether oxygens (including phenoxy) is 1. The van der Waals surface area contributed by atoms with Gasteiger partial charge in [0, 0.05) is 6.26 Å². The van der Waals surface area contributed by atoms with Crippen molar-refractivity contribution in [1.29, 1.82) is 0 Å². The molecule has 0 saturated carbocycles. The fraction of sp³-hybridized carbons (Fsp3) is 0.800. The minimum atomic E-state index is -3.16. The number of hydrogen-bond donors (Lipinski definition) is 2. The second-order valence-corrected chi connectivity index (χ2v) is 6.27. The molecule has 2 atom stereocenters. The van der Waals surface area contributed by atoms with E-state index in [0.29, 0.717) is 0 Å². The molecule has 0 aromatic heterocycles. The molecule has 0 radical (unpaired) electrons. The quantitative estimate of drug-likeness (QED) is 0.567. The Balaban J connectivity index is 4.19. The molecular formula is C10H20N2O5S. The summed E-state index contributed by atoms with van der Waals surface area (Å²) < 4.78 is 26.5. The van der Waals surface area contributed by atoms with Gasteiger partial charge < -0.3 is 15.8 Å². The summed E-state index contributed by atoms with van der Waals surface area (Å²) in [5, 5.41) is 2.37. The van der Waals surface area contributed by atoms with E-state index in [0.717, 1.165) is 6.26 Å². The first kappa shape index (κ1) is 16.9. The Kier molecular flexibility index (Phi) is 6.85. The van der Waals surface area contributed by atoms with Crippen molar-refractivity contribution in [1.82, 2.24) is 5.32 Å². The molecule has 0 aromatic carbocycles. The van der Waals surface area contributed by atoms with E-state index >= 15 is 0 Å². The third-order valence-electron chi connectivity index (χ3n) is 2.14. The van der Waals surface area contributed by atoms with E-state index < -0.39 is 33.8 Å². The van der Waals surface area contributed by atoms with E-state index in [2.05, 4.69) is 5.32 Å². The maximum atomic E-state index is 11.5. The molecule has 0 bridgehead atoms. The van der Waals surface area contributed by atoms with Crippen molar-refractivity contribution in [3.05, 3.63) is 0 Å². The third kappa shape index (κ3) is 7.23. The summed E-state index contributed by atoms with van der Waals surface area (Å²) in [4.78, 5) is 22.8. The maximum absolute atomic E-state index is 11.5.